The zero-order valence-electron chi connectivity index (χ0n) is 8.44. The van der Waals surface area contributed by atoms with Gasteiger partial charge in [0.2, 0.25) is 0 Å². The maximum atomic E-state index is 5.88. The Bertz CT molecular complexity index is 297. The van der Waals surface area contributed by atoms with Gasteiger partial charge in [-0.1, -0.05) is 12.1 Å². The molecule has 14 heavy (non-hydrogen) atoms. The van der Waals surface area contributed by atoms with Crippen LogP contribution < -0.4 is 10.6 Å². The molecule has 1 aliphatic rings. The summed E-state index contributed by atoms with van der Waals surface area (Å²) in [6.07, 6.45) is 2.34. The molecular formula is C11H16N2O. The van der Waals surface area contributed by atoms with Crippen LogP contribution in [0.2, 0.25) is 0 Å². The minimum atomic E-state index is 0.390. The minimum absolute atomic E-state index is 0.390. The number of benzene rings is 1. The number of nitrogens with two attached hydrogens (primary N) is 1. The molecule has 1 fully saturated rings. The summed E-state index contributed by atoms with van der Waals surface area (Å²) in [5.74, 6) is 6.78. The number of nitrogens with zero attached hydrogens (tertiary/aromatic N) is 1. The third-order valence-electron chi connectivity index (χ3n) is 2.79. The first-order chi connectivity index (χ1) is 6.81. The summed E-state index contributed by atoms with van der Waals surface area (Å²) in [6.45, 7) is 0.997. The van der Waals surface area contributed by atoms with Crippen molar-refractivity contribution in [3.05, 3.63) is 29.8 Å². The number of hydrogen-bond donors (Lipinski definition) is 1. The number of hydrogen-bond acceptors (Lipinski definition) is 3. The number of rotatable bonds is 2. The van der Waals surface area contributed by atoms with Crippen molar-refractivity contribution in [2.24, 2.45) is 5.84 Å². The summed E-state index contributed by atoms with van der Waals surface area (Å²) in [5, 5.41) is 1.92. The molecule has 2 N–H and O–H groups in total. The first-order valence-corrected chi connectivity index (χ1v) is 4.96. The van der Waals surface area contributed by atoms with Crippen LogP contribution in [0.5, 0.6) is 5.75 Å². The lowest BCUT2D eigenvalue weighted by Crippen LogP contribution is -2.30. The highest BCUT2D eigenvalue weighted by atomic mass is 16.5. The van der Waals surface area contributed by atoms with E-state index < -0.39 is 0 Å². The average molecular weight is 192 g/mol. The van der Waals surface area contributed by atoms with Gasteiger partial charge in [0.05, 0.1) is 7.11 Å². The molecular weight excluding hydrogens is 176 g/mol. The van der Waals surface area contributed by atoms with Crippen LogP contribution in [0.1, 0.15) is 24.4 Å². The standard InChI is InChI=1S/C11H16N2O/c1-14-10-6-4-9(5-7-10)11-3-2-8-13(11)12/h4-7,11H,2-3,8,12H2,1H3/t11-/m1/s1. The molecule has 2 rings (SSSR count). The Labute approximate surface area is 84.4 Å². The molecule has 0 radical (unpaired) electrons. The zero-order chi connectivity index (χ0) is 9.97. The van der Waals surface area contributed by atoms with Gasteiger partial charge in [-0.3, -0.25) is 5.84 Å². The molecule has 0 saturated carbocycles. The van der Waals surface area contributed by atoms with Crippen LogP contribution in [0.3, 0.4) is 0 Å². The van der Waals surface area contributed by atoms with Crippen molar-refractivity contribution in [1.29, 1.82) is 0 Å². The fourth-order valence-electron chi connectivity index (χ4n) is 1.97. The molecule has 0 unspecified atom stereocenters. The highest BCUT2D eigenvalue weighted by molar-refractivity contribution is 5.29. The fourth-order valence-corrected chi connectivity index (χ4v) is 1.97. The second-order valence-electron chi connectivity index (χ2n) is 3.67. The normalized spacial score (nSPS) is 22.6. The number of methoxy groups -OCH3 is 1. The maximum Gasteiger partial charge on any atom is 0.118 e. The van der Waals surface area contributed by atoms with Crippen molar-refractivity contribution in [3.8, 4) is 5.75 Å². The molecule has 1 aromatic rings. The smallest absolute Gasteiger partial charge is 0.118 e. The molecule has 0 spiro atoms. The topological polar surface area (TPSA) is 38.5 Å². The van der Waals surface area contributed by atoms with Gasteiger partial charge in [0.1, 0.15) is 5.75 Å². The van der Waals surface area contributed by atoms with Gasteiger partial charge >= 0.3 is 0 Å². The first kappa shape index (κ1) is 9.49. The van der Waals surface area contributed by atoms with Gasteiger partial charge in [-0.25, -0.2) is 5.01 Å². The van der Waals surface area contributed by atoms with Crippen LogP contribution in [-0.4, -0.2) is 18.7 Å². The van der Waals surface area contributed by atoms with E-state index in [0.29, 0.717) is 6.04 Å². The monoisotopic (exact) mass is 192 g/mol. The van der Waals surface area contributed by atoms with E-state index in [1.165, 1.54) is 12.0 Å². The fraction of sp³-hybridized carbons (Fsp3) is 0.455. The quantitative estimate of drug-likeness (QED) is 0.725. The first-order valence-electron chi connectivity index (χ1n) is 4.96. The van der Waals surface area contributed by atoms with Gasteiger partial charge in [0.25, 0.3) is 0 Å². The van der Waals surface area contributed by atoms with Crippen LogP contribution in [0.25, 0.3) is 0 Å². The predicted molar refractivity (Wildman–Crippen MR) is 55.9 cm³/mol. The Kier molecular flexibility index (Phi) is 2.70. The summed E-state index contributed by atoms with van der Waals surface area (Å²) in [5.41, 5.74) is 1.28. The lowest BCUT2D eigenvalue weighted by molar-refractivity contribution is 0.266. The van der Waals surface area contributed by atoms with Gasteiger partial charge in [0.15, 0.2) is 0 Å². The van der Waals surface area contributed by atoms with E-state index in [4.69, 9.17) is 10.6 Å². The van der Waals surface area contributed by atoms with Gasteiger partial charge in [0, 0.05) is 12.6 Å². The Balaban J connectivity index is 2.16. The summed E-state index contributed by atoms with van der Waals surface area (Å²) in [7, 11) is 1.68. The lowest BCUT2D eigenvalue weighted by atomic mass is 10.1. The minimum Gasteiger partial charge on any atom is -0.497 e. The highest BCUT2D eigenvalue weighted by Crippen LogP contribution is 2.29. The molecule has 1 atom stereocenters. The molecule has 0 amide bonds. The third kappa shape index (κ3) is 1.74. The molecule has 0 bridgehead atoms. The molecule has 1 aromatic carbocycles. The summed E-state index contributed by atoms with van der Waals surface area (Å²) < 4.78 is 5.11. The van der Waals surface area contributed by atoms with Crippen molar-refractivity contribution in [2.45, 2.75) is 18.9 Å². The van der Waals surface area contributed by atoms with Gasteiger partial charge in [-0.15, -0.1) is 0 Å². The molecule has 1 saturated heterocycles. The average Bonchev–Trinajstić information content (AvgIpc) is 2.65. The van der Waals surface area contributed by atoms with Crippen LogP contribution in [0, 0.1) is 0 Å². The maximum absolute atomic E-state index is 5.88. The SMILES string of the molecule is COc1ccc([C@H]2CCCN2N)cc1. The highest BCUT2D eigenvalue weighted by Gasteiger charge is 2.22. The van der Waals surface area contributed by atoms with Gasteiger partial charge in [-0.2, -0.15) is 0 Å². The molecule has 1 aliphatic heterocycles. The van der Waals surface area contributed by atoms with Crippen LogP contribution in [0.15, 0.2) is 24.3 Å². The van der Waals surface area contributed by atoms with Crippen molar-refractivity contribution < 1.29 is 4.74 Å². The predicted octanol–water partition coefficient (Wildman–Crippen LogP) is 1.71. The summed E-state index contributed by atoms with van der Waals surface area (Å²) >= 11 is 0. The second-order valence-corrected chi connectivity index (χ2v) is 3.67. The summed E-state index contributed by atoms with van der Waals surface area (Å²) in [4.78, 5) is 0. The van der Waals surface area contributed by atoms with Crippen molar-refractivity contribution >= 4 is 0 Å². The number of ether oxygens (including phenoxy) is 1. The van der Waals surface area contributed by atoms with Crippen LogP contribution >= 0.6 is 0 Å². The van der Waals surface area contributed by atoms with Gasteiger partial charge in [-0.05, 0) is 30.5 Å². The van der Waals surface area contributed by atoms with E-state index in [1.807, 2.05) is 17.1 Å². The van der Waals surface area contributed by atoms with E-state index >= 15 is 0 Å². The molecule has 76 valence electrons. The molecule has 3 nitrogen and oxygen atoms in total. The molecule has 3 heteroatoms. The van der Waals surface area contributed by atoms with Crippen molar-refractivity contribution in [3.63, 3.8) is 0 Å². The van der Waals surface area contributed by atoms with Crippen LogP contribution in [0.4, 0.5) is 0 Å². The van der Waals surface area contributed by atoms with Gasteiger partial charge < -0.3 is 4.74 Å². The largest absolute Gasteiger partial charge is 0.497 e. The van der Waals surface area contributed by atoms with E-state index in [-0.39, 0.29) is 0 Å². The molecule has 0 aliphatic carbocycles. The second kappa shape index (κ2) is 3.98. The summed E-state index contributed by atoms with van der Waals surface area (Å²) in [6, 6.07) is 8.55. The Morgan fingerprint density at radius 2 is 2.07 bits per heavy atom. The van der Waals surface area contributed by atoms with E-state index in [2.05, 4.69) is 12.1 Å². The van der Waals surface area contributed by atoms with E-state index in [9.17, 15) is 0 Å². The Morgan fingerprint density at radius 3 is 2.57 bits per heavy atom. The zero-order valence-corrected chi connectivity index (χ0v) is 8.44. The van der Waals surface area contributed by atoms with E-state index in [1.54, 1.807) is 7.11 Å². The Hall–Kier alpha value is -1.06. The van der Waals surface area contributed by atoms with Crippen molar-refractivity contribution in [1.82, 2.24) is 5.01 Å². The molecule has 0 aromatic heterocycles. The number of hydrazine groups is 1. The lowest BCUT2D eigenvalue weighted by Gasteiger charge is -2.19. The third-order valence-corrected chi connectivity index (χ3v) is 2.79. The van der Waals surface area contributed by atoms with E-state index in [0.717, 1.165) is 18.7 Å². The van der Waals surface area contributed by atoms with Crippen molar-refractivity contribution in [2.75, 3.05) is 13.7 Å². The molecule has 1 heterocycles. The van der Waals surface area contributed by atoms with Crippen LogP contribution in [-0.2, 0) is 0 Å². The Morgan fingerprint density at radius 1 is 1.36 bits per heavy atom.